The molecule has 1 aliphatic heterocycles. The van der Waals surface area contributed by atoms with Crippen LogP contribution in [0.1, 0.15) is 40.7 Å². The summed E-state index contributed by atoms with van der Waals surface area (Å²) in [7, 11) is 0. The molecule has 6 heteroatoms. The molecule has 2 heterocycles. The zero-order chi connectivity index (χ0) is 18.0. The number of carbonyl (C=O) groups is 2. The van der Waals surface area contributed by atoms with E-state index >= 15 is 0 Å². The lowest BCUT2D eigenvalue weighted by Crippen LogP contribution is -2.41. The van der Waals surface area contributed by atoms with E-state index in [1.54, 1.807) is 35.2 Å². The summed E-state index contributed by atoms with van der Waals surface area (Å²) in [6.07, 6.45) is 1.38. The number of furan rings is 1. The molecule has 0 radical (unpaired) electrons. The average Bonchev–Trinajstić information content (AvgIpc) is 3.12. The first-order chi connectivity index (χ1) is 11.9. The molecule has 0 aliphatic carbocycles. The number of benzene rings is 1. The molecule has 2 amide bonds. The maximum atomic E-state index is 12.6. The highest BCUT2D eigenvalue weighted by atomic mass is 16.3. The summed E-state index contributed by atoms with van der Waals surface area (Å²) in [6.45, 7) is 3.11. The van der Waals surface area contributed by atoms with Gasteiger partial charge < -0.3 is 15.1 Å². The van der Waals surface area contributed by atoms with Gasteiger partial charge >= 0.3 is 0 Å². The number of amides is 2. The lowest BCUT2D eigenvalue weighted by atomic mass is 9.82. The SMILES string of the molecule is CC1(C#N)CCN(C(=O)c2ccc(-c3ccc(C(N)=O)o3)cc2)CC1. The lowest BCUT2D eigenvalue weighted by molar-refractivity contribution is 0.0661. The molecule has 25 heavy (non-hydrogen) atoms. The minimum atomic E-state index is -0.618. The van der Waals surface area contributed by atoms with Crippen molar-refractivity contribution in [3.8, 4) is 17.4 Å². The van der Waals surface area contributed by atoms with E-state index in [0.717, 1.165) is 5.56 Å². The van der Waals surface area contributed by atoms with Gasteiger partial charge in [-0.2, -0.15) is 5.26 Å². The van der Waals surface area contributed by atoms with Gasteiger partial charge in [0.15, 0.2) is 5.76 Å². The number of hydrogen-bond acceptors (Lipinski definition) is 4. The Morgan fingerprint density at radius 2 is 1.80 bits per heavy atom. The van der Waals surface area contributed by atoms with Crippen LogP contribution in [-0.4, -0.2) is 29.8 Å². The smallest absolute Gasteiger partial charge is 0.284 e. The number of likely N-dealkylation sites (tertiary alicyclic amines) is 1. The van der Waals surface area contributed by atoms with Crippen molar-refractivity contribution in [3.63, 3.8) is 0 Å². The Hall–Kier alpha value is -3.07. The van der Waals surface area contributed by atoms with Crippen molar-refractivity contribution in [1.29, 1.82) is 5.26 Å². The lowest BCUT2D eigenvalue weighted by Gasteiger charge is -2.35. The summed E-state index contributed by atoms with van der Waals surface area (Å²) in [5.41, 5.74) is 6.20. The third-order valence-electron chi connectivity index (χ3n) is 4.69. The third-order valence-corrected chi connectivity index (χ3v) is 4.69. The molecule has 1 aromatic heterocycles. The molecule has 0 bridgehead atoms. The minimum absolute atomic E-state index is 0.0381. The maximum Gasteiger partial charge on any atom is 0.284 e. The van der Waals surface area contributed by atoms with E-state index in [4.69, 9.17) is 10.2 Å². The van der Waals surface area contributed by atoms with Gasteiger partial charge in [0.25, 0.3) is 11.8 Å². The Balaban J connectivity index is 1.71. The van der Waals surface area contributed by atoms with E-state index in [2.05, 4.69) is 6.07 Å². The Morgan fingerprint density at radius 3 is 2.32 bits per heavy atom. The van der Waals surface area contributed by atoms with Crippen molar-refractivity contribution in [2.75, 3.05) is 13.1 Å². The van der Waals surface area contributed by atoms with Gasteiger partial charge in [-0.05, 0) is 44.0 Å². The van der Waals surface area contributed by atoms with Gasteiger partial charge in [-0.25, -0.2) is 0 Å². The Labute approximate surface area is 145 Å². The molecule has 0 saturated carbocycles. The van der Waals surface area contributed by atoms with Gasteiger partial charge in [0.05, 0.1) is 11.5 Å². The summed E-state index contributed by atoms with van der Waals surface area (Å²) in [4.78, 5) is 25.5. The Bertz CT molecular complexity index is 838. The molecular weight excluding hydrogens is 318 g/mol. The van der Waals surface area contributed by atoms with E-state index in [0.29, 0.717) is 37.3 Å². The highest BCUT2D eigenvalue weighted by Crippen LogP contribution is 2.30. The molecule has 2 aromatic rings. The molecule has 128 valence electrons. The predicted octanol–water partition coefficient (Wildman–Crippen LogP) is 2.81. The van der Waals surface area contributed by atoms with E-state index in [-0.39, 0.29) is 17.1 Å². The summed E-state index contributed by atoms with van der Waals surface area (Å²) >= 11 is 0. The molecule has 0 atom stereocenters. The van der Waals surface area contributed by atoms with Crippen LogP contribution in [-0.2, 0) is 0 Å². The first kappa shape index (κ1) is 16.8. The quantitative estimate of drug-likeness (QED) is 0.930. The number of nitrogens with two attached hydrogens (primary N) is 1. The monoisotopic (exact) mass is 337 g/mol. The molecule has 3 rings (SSSR count). The van der Waals surface area contributed by atoms with Gasteiger partial charge in [0.1, 0.15) is 5.76 Å². The molecule has 0 unspecified atom stereocenters. The van der Waals surface area contributed by atoms with Gasteiger partial charge in [-0.1, -0.05) is 12.1 Å². The largest absolute Gasteiger partial charge is 0.451 e. The molecule has 6 nitrogen and oxygen atoms in total. The number of rotatable bonds is 3. The second-order valence-electron chi connectivity index (χ2n) is 6.57. The fourth-order valence-corrected chi connectivity index (χ4v) is 2.90. The van der Waals surface area contributed by atoms with Crippen molar-refractivity contribution in [1.82, 2.24) is 4.90 Å². The first-order valence-corrected chi connectivity index (χ1v) is 8.12. The summed E-state index contributed by atoms with van der Waals surface area (Å²) in [5.74, 6) is -0.0316. The number of carbonyl (C=O) groups excluding carboxylic acids is 2. The van der Waals surface area contributed by atoms with Crippen LogP contribution in [0.2, 0.25) is 0 Å². The van der Waals surface area contributed by atoms with E-state index in [9.17, 15) is 14.9 Å². The maximum absolute atomic E-state index is 12.6. The Morgan fingerprint density at radius 1 is 1.16 bits per heavy atom. The Kier molecular flexibility index (Phi) is 4.32. The molecule has 1 aliphatic rings. The summed E-state index contributed by atoms with van der Waals surface area (Å²) in [6, 6.07) is 12.6. The number of hydrogen-bond donors (Lipinski definition) is 1. The van der Waals surface area contributed by atoms with Crippen LogP contribution < -0.4 is 5.73 Å². The van der Waals surface area contributed by atoms with Crippen LogP contribution in [0.25, 0.3) is 11.3 Å². The fourth-order valence-electron chi connectivity index (χ4n) is 2.90. The van der Waals surface area contributed by atoms with E-state index in [1.165, 1.54) is 6.07 Å². The normalized spacial score (nSPS) is 16.2. The minimum Gasteiger partial charge on any atom is -0.451 e. The van der Waals surface area contributed by atoms with Gasteiger partial charge in [-0.15, -0.1) is 0 Å². The molecule has 1 saturated heterocycles. The van der Waals surface area contributed by atoms with Crippen molar-refractivity contribution in [2.45, 2.75) is 19.8 Å². The zero-order valence-electron chi connectivity index (χ0n) is 14.0. The predicted molar refractivity (Wildman–Crippen MR) is 91.5 cm³/mol. The average molecular weight is 337 g/mol. The van der Waals surface area contributed by atoms with Crippen LogP contribution in [0.5, 0.6) is 0 Å². The topological polar surface area (TPSA) is 100 Å². The fraction of sp³-hybridized carbons (Fsp3) is 0.316. The van der Waals surface area contributed by atoms with Gasteiger partial charge in [0, 0.05) is 24.2 Å². The number of primary amides is 1. The highest BCUT2D eigenvalue weighted by Gasteiger charge is 2.32. The molecule has 0 spiro atoms. The van der Waals surface area contributed by atoms with Crippen LogP contribution in [0, 0.1) is 16.7 Å². The van der Waals surface area contributed by atoms with Crippen LogP contribution >= 0.6 is 0 Å². The number of nitriles is 1. The molecule has 1 fully saturated rings. The van der Waals surface area contributed by atoms with E-state index < -0.39 is 5.91 Å². The summed E-state index contributed by atoms with van der Waals surface area (Å²) in [5, 5.41) is 9.18. The molecule has 1 aromatic carbocycles. The van der Waals surface area contributed by atoms with Crippen LogP contribution in [0.3, 0.4) is 0 Å². The zero-order valence-corrected chi connectivity index (χ0v) is 14.0. The third kappa shape index (κ3) is 3.41. The van der Waals surface area contributed by atoms with Crippen molar-refractivity contribution < 1.29 is 14.0 Å². The molecule has 2 N–H and O–H groups in total. The summed E-state index contributed by atoms with van der Waals surface area (Å²) < 4.78 is 5.38. The number of piperidine rings is 1. The molecular formula is C19H19N3O3. The van der Waals surface area contributed by atoms with Crippen LogP contribution in [0.4, 0.5) is 0 Å². The van der Waals surface area contributed by atoms with Gasteiger partial charge in [-0.3, -0.25) is 9.59 Å². The van der Waals surface area contributed by atoms with Crippen molar-refractivity contribution in [2.24, 2.45) is 11.1 Å². The number of nitrogens with zero attached hydrogens (tertiary/aromatic N) is 2. The van der Waals surface area contributed by atoms with E-state index in [1.807, 2.05) is 6.92 Å². The standard InChI is InChI=1S/C19H19N3O3/c1-19(12-20)8-10-22(11-9-19)18(24)14-4-2-13(3-5-14)15-6-7-16(25-15)17(21)23/h2-7H,8-11H2,1H3,(H2,21,23). The van der Waals surface area contributed by atoms with Gasteiger partial charge in [0.2, 0.25) is 0 Å². The van der Waals surface area contributed by atoms with Crippen molar-refractivity contribution in [3.05, 3.63) is 47.7 Å². The second kappa shape index (κ2) is 6.44. The highest BCUT2D eigenvalue weighted by molar-refractivity contribution is 5.95. The van der Waals surface area contributed by atoms with Crippen molar-refractivity contribution >= 4 is 11.8 Å². The van der Waals surface area contributed by atoms with Crippen LogP contribution in [0.15, 0.2) is 40.8 Å². The second-order valence-corrected chi connectivity index (χ2v) is 6.57. The first-order valence-electron chi connectivity index (χ1n) is 8.12.